The van der Waals surface area contributed by atoms with Gasteiger partial charge in [-0.05, 0) is 67.6 Å². The molecule has 30 heavy (non-hydrogen) atoms. The molecule has 0 saturated carbocycles. The van der Waals surface area contributed by atoms with Crippen LogP contribution in [0.4, 0.5) is 17.2 Å². The first-order valence-corrected chi connectivity index (χ1v) is 10.0. The molecule has 8 heteroatoms. The van der Waals surface area contributed by atoms with Crippen molar-refractivity contribution in [1.82, 2.24) is 4.98 Å². The highest BCUT2D eigenvalue weighted by atomic mass is 79.9. The van der Waals surface area contributed by atoms with Crippen molar-refractivity contribution in [3.63, 3.8) is 0 Å². The van der Waals surface area contributed by atoms with Gasteiger partial charge in [-0.15, -0.1) is 0 Å². The summed E-state index contributed by atoms with van der Waals surface area (Å²) < 4.78 is 11.5. The summed E-state index contributed by atoms with van der Waals surface area (Å²) in [6.45, 7) is 2.09. The molecule has 0 fully saturated rings. The highest BCUT2D eigenvalue weighted by Crippen LogP contribution is 2.22. The van der Waals surface area contributed by atoms with Crippen LogP contribution in [-0.2, 0) is 9.53 Å². The number of amides is 1. The standard InChI is InChI=1S/C22H20BrN3O4/c1-2-29-18-11-9-17(10-12-18)26-21-19(4-3-13-24-21)22(28)30-14-20(27)25-16-7-5-15(23)6-8-16/h3-13H,2,14H2,1H3,(H,24,26)(H,25,27). The van der Waals surface area contributed by atoms with E-state index >= 15 is 0 Å². The molecule has 0 spiro atoms. The van der Waals surface area contributed by atoms with Crippen molar-refractivity contribution < 1.29 is 19.1 Å². The van der Waals surface area contributed by atoms with Crippen LogP contribution < -0.4 is 15.4 Å². The number of aromatic nitrogens is 1. The Labute approximate surface area is 182 Å². The number of carbonyl (C=O) groups excluding carboxylic acids is 2. The summed E-state index contributed by atoms with van der Waals surface area (Å²) in [6.07, 6.45) is 1.56. The number of hydrogen-bond acceptors (Lipinski definition) is 6. The zero-order chi connectivity index (χ0) is 21.3. The summed E-state index contributed by atoms with van der Waals surface area (Å²) in [4.78, 5) is 28.7. The molecule has 0 radical (unpaired) electrons. The van der Waals surface area contributed by atoms with Crippen LogP contribution in [0.15, 0.2) is 71.3 Å². The van der Waals surface area contributed by atoms with E-state index in [1.807, 2.05) is 31.2 Å². The fourth-order valence-corrected chi connectivity index (χ4v) is 2.81. The third-order valence-electron chi connectivity index (χ3n) is 3.92. The van der Waals surface area contributed by atoms with Crippen molar-refractivity contribution in [2.75, 3.05) is 23.8 Å². The molecule has 0 bridgehead atoms. The van der Waals surface area contributed by atoms with Gasteiger partial charge < -0.3 is 20.1 Å². The summed E-state index contributed by atoms with van der Waals surface area (Å²) in [5.41, 5.74) is 1.57. The maximum atomic E-state index is 12.5. The lowest BCUT2D eigenvalue weighted by Crippen LogP contribution is -2.21. The Bertz CT molecular complexity index is 1010. The number of pyridine rings is 1. The number of ether oxygens (including phenoxy) is 2. The predicted molar refractivity (Wildman–Crippen MR) is 118 cm³/mol. The Kier molecular flexibility index (Phi) is 7.40. The van der Waals surface area contributed by atoms with Crippen LogP contribution in [-0.4, -0.2) is 30.1 Å². The van der Waals surface area contributed by atoms with Gasteiger partial charge in [-0.25, -0.2) is 9.78 Å². The van der Waals surface area contributed by atoms with Crippen molar-refractivity contribution in [3.05, 3.63) is 76.9 Å². The zero-order valence-corrected chi connectivity index (χ0v) is 17.8. The van der Waals surface area contributed by atoms with Gasteiger partial charge in [-0.1, -0.05) is 15.9 Å². The summed E-state index contributed by atoms with van der Waals surface area (Å²) in [5.74, 6) is -0.00135. The lowest BCUT2D eigenvalue weighted by Gasteiger charge is -2.11. The predicted octanol–water partition coefficient (Wildman–Crippen LogP) is 4.78. The SMILES string of the molecule is CCOc1ccc(Nc2ncccc2C(=O)OCC(=O)Nc2ccc(Br)cc2)cc1. The monoisotopic (exact) mass is 469 g/mol. The van der Waals surface area contributed by atoms with Crippen LogP contribution in [0.5, 0.6) is 5.75 Å². The van der Waals surface area contributed by atoms with Gasteiger partial charge in [0.2, 0.25) is 0 Å². The molecule has 2 aromatic carbocycles. The summed E-state index contributed by atoms with van der Waals surface area (Å²) >= 11 is 3.33. The number of esters is 1. The van der Waals surface area contributed by atoms with Crippen molar-refractivity contribution in [2.45, 2.75) is 6.92 Å². The van der Waals surface area contributed by atoms with Gasteiger partial charge in [0.25, 0.3) is 5.91 Å². The number of nitrogens with one attached hydrogen (secondary N) is 2. The summed E-state index contributed by atoms with van der Waals surface area (Å²) in [5, 5.41) is 5.75. The molecule has 0 aliphatic heterocycles. The fraction of sp³-hybridized carbons (Fsp3) is 0.136. The van der Waals surface area contributed by atoms with E-state index in [0.29, 0.717) is 18.1 Å². The van der Waals surface area contributed by atoms with E-state index in [0.717, 1.165) is 15.9 Å². The molecular weight excluding hydrogens is 450 g/mol. The van der Waals surface area contributed by atoms with Crippen LogP contribution in [0, 0.1) is 0 Å². The van der Waals surface area contributed by atoms with Gasteiger partial charge in [0.05, 0.1) is 6.61 Å². The van der Waals surface area contributed by atoms with Crippen molar-refractivity contribution in [3.8, 4) is 5.75 Å². The third-order valence-corrected chi connectivity index (χ3v) is 4.45. The average molecular weight is 470 g/mol. The third kappa shape index (κ3) is 6.05. The first kappa shape index (κ1) is 21.3. The van der Waals surface area contributed by atoms with E-state index in [-0.39, 0.29) is 5.56 Å². The Hall–Kier alpha value is -3.39. The summed E-state index contributed by atoms with van der Waals surface area (Å²) in [6, 6.07) is 17.6. The molecule has 0 saturated heterocycles. The number of nitrogens with zero attached hydrogens (tertiary/aromatic N) is 1. The molecule has 154 valence electrons. The quantitative estimate of drug-likeness (QED) is 0.461. The van der Waals surface area contributed by atoms with Gasteiger partial charge in [0.15, 0.2) is 6.61 Å². The second-order valence-electron chi connectivity index (χ2n) is 6.11. The molecule has 3 rings (SSSR count). The minimum atomic E-state index is -0.650. The fourth-order valence-electron chi connectivity index (χ4n) is 2.55. The van der Waals surface area contributed by atoms with Crippen LogP contribution in [0.3, 0.4) is 0 Å². The minimum Gasteiger partial charge on any atom is -0.494 e. The second-order valence-corrected chi connectivity index (χ2v) is 7.03. The van der Waals surface area contributed by atoms with Gasteiger partial charge in [-0.2, -0.15) is 0 Å². The minimum absolute atomic E-state index is 0.225. The topological polar surface area (TPSA) is 89.6 Å². The van der Waals surface area contributed by atoms with Gasteiger partial charge in [-0.3, -0.25) is 4.79 Å². The number of carbonyl (C=O) groups is 2. The number of halogens is 1. The van der Waals surface area contributed by atoms with E-state index in [1.54, 1.807) is 42.6 Å². The second kappa shape index (κ2) is 10.4. The van der Waals surface area contributed by atoms with Crippen LogP contribution in [0.1, 0.15) is 17.3 Å². The molecular formula is C22H20BrN3O4. The molecule has 1 heterocycles. The average Bonchev–Trinajstić information content (AvgIpc) is 2.76. The highest BCUT2D eigenvalue weighted by Gasteiger charge is 2.16. The largest absolute Gasteiger partial charge is 0.494 e. The smallest absolute Gasteiger partial charge is 0.342 e. The normalized spacial score (nSPS) is 10.2. The lowest BCUT2D eigenvalue weighted by atomic mass is 10.2. The van der Waals surface area contributed by atoms with E-state index in [9.17, 15) is 9.59 Å². The van der Waals surface area contributed by atoms with Crippen molar-refractivity contribution in [1.29, 1.82) is 0 Å². The Morgan fingerprint density at radius 3 is 2.40 bits per heavy atom. The van der Waals surface area contributed by atoms with Gasteiger partial charge >= 0.3 is 5.97 Å². The number of hydrogen-bond donors (Lipinski definition) is 2. The first-order chi connectivity index (χ1) is 14.5. The van der Waals surface area contributed by atoms with Gasteiger partial charge in [0, 0.05) is 22.0 Å². The summed E-state index contributed by atoms with van der Waals surface area (Å²) in [7, 11) is 0. The first-order valence-electron chi connectivity index (χ1n) is 9.22. The van der Waals surface area contributed by atoms with E-state index in [2.05, 4.69) is 31.5 Å². The molecule has 0 aliphatic rings. The Balaban J connectivity index is 1.60. The molecule has 0 aliphatic carbocycles. The van der Waals surface area contributed by atoms with Crippen molar-refractivity contribution in [2.24, 2.45) is 0 Å². The molecule has 0 atom stereocenters. The molecule has 1 aromatic heterocycles. The maximum Gasteiger partial charge on any atom is 0.342 e. The zero-order valence-electron chi connectivity index (χ0n) is 16.2. The number of benzene rings is 2. The molecule has 0 unspecified atom stereocenters. The highest BCUT2D eigenvalue weighted by molar-refractivity contribution is 9.10. The molecule has 2 N–H and O–H groups in total. The van der Waals surface area contributed by atoms with E-state index in [1.165, 1.54) is 0 Å². The Morgan fingerprint density at radius 1 is 1.00 bits per heavy atom. The number of anilines is 3. The molecule has 7 nitrogen and oxygen atoms in total. The van der Waals surface area contributed by atoms with Crippen LogP contribution in [0.2, 0.25) is 0 Å². The van der Waals surface area contributed by atoms with Gasteiger partial charge in [0.1, 0.15) is 17.1 Å². The lowest BCUT2D eigenvalue weighted by molar-refractivity contribution is -0.119. The van der Waals surface area contributed by atoms with Crippen molar-refractivity contribution >= 4 is 45.0 Å². The molecule has 3 aromatic rings. The van der Waals surface area contributed by atoms with Crippen LogP contribution in [0.25, 0.3) is 0 Å². The van der Waals surface area contributed by atoms with E-state index < -0.39 is 18.5 Å². The maximum absolute atomic E-state index is 12.5. The van der Waals surface area contributed by atoms with E-state index in [4.69, 9.17) is 9.47 Å². The van der Waals surface area contributed by atoms with Crippen LogP contribution >= 0.6 is 15.9 Å². The number of rotatable bonds is 8. The Morgan fingerprint density at radius 2 is 1.70 bits per heavy atom. The molecule has 1 amide bonds.